The number of hydrazone groups is 1. The van der Waals surface area contributed by atoms with Crippen LogP contribution < -0.4 is 20.2 Å². The van der Waals surface area contributed by atoms with Crippen LogP contribution in [0.3, 0.4) is 0 Å². The Kier molecular flexibility index (Phi) is 8.64. The summed E-state index contributed by atoms with van der Waals surface area (Å²) in [5.74, 6) is -0.156. The third kappa shape index (κ3) is 6.82. The number of nitrogens with one attached hydrogen (secondary N) is 2. The van der Waals surface area contributed by atoms with Gasteiger partial charge in [-0.05, 0) is 67.4 Å². The smallest absolute Gasteiger partial charge is 0.275 e. The standard InChI is InChI=1S/C25H24BrN3O5/c1-3-33-23-12-17(14-27-29-25(32)19-13-18(26)9-10-21(19)30)8-11-22(23)34-15-24(31)28-20-7-5-4-6-16(20)2/h4-14,30H,3,15H2,1-2H3,(H,28,31)(H,29,32)/b27-14-. The van der Waals surface area contributed by atoms with Crippen molar-refractivity contribution in [2.24, 2.45) is 5.10 Å². The van der Waals surface area contributed by atoms with Crippen LogP contribution >= 0.6 is 15.9 Å². The third-order valence-electron chi connectivity index (χ3n) is 4.63. The van der Waals surface area contributed by atoms with E-state index in [0.717, 1.165) is 11.3 Å². The molecule has 2 amide bonds. The summed E-state index contributed by atoms with van der Waals surface area (Å²) in [5, 5.41) is 16.6. The molecule has 8 nitrogen and oxygen atoms in total. The molecule has 0 aliphatic rings. The molecule has 0 bridgehead atoms. The predicted molar refractivity (Wildman–Crippen MR) is 134 cm³/mol. The van der Waals surface area contributed by atoms with Gasteiger partial charge in [-0.2, -0.15) is 5.10 Å². The molecule has 3 rings (SSSR count). The first kappa shape index (κ1) is 24.8. The molecule has 0 heterocycles. The number of carbonyl (C=O) groups is 2. The van der Waals surface area contributed by atoms with Crippen LogP contribution in [0.25, 0.3) is 0 Å². The number of para-hydroxylation sites is 1. The van der Waals surface area contributed by atoms with Crippen molar-refractivity contribution in [2.75, 3.05) is 18.5 Å². The number of nitrogens with zero attached hydrogens (tertiary/aromatic N) is 1. The highest BCUT2D eigenvalue weighted by molar-refractivity contribution is 9.10. The molecular weight excluding hydrogens is 502 g/mol. The average Bonchev–Trinajstić information content (AvgIpc) is 2.81. The van der Waals surface area contributed by atoms with E-state index in [4.69, 9.17) is 9.47 Å². The molecule has 3 aromatic rings. The Morgan fingerprint density at radius 2 is 1.85 bits per heavy atom. The van der Waals surface area contributed by atoms with Crippen molar-refractivity contribution in [3.63, 3.8) is 0 Å². The van der Waals surface area contributed by atoms with Gasteiger partial charge in [-0.25, -0.2) is 5.43 Å². The zero-order valence-corrected chi connectivity index (χ0v) is 20.3. The lowest BCUT2D eigenvalue weighted by Gasteiger charge is -2.13. The number of benzene rings is 3. The van der Waals surface area contributed by atoms with Crippen LogP contribution in [0.15, 0.2) is 70.2 Å². The number of anilines is 1. The summed E-state index contributed by atoms with van der Waals surface area (Å²) in [5.41, 5.74) is 4.79. The molecule has 0 saturated carbocycles. The Labute approximate surface area is 205 Å². The van der Waals surface area contributed by atoms with Crippen molar-refractivity contribution in [3.8, 4) is 17.2 Å². The molecule has 0 aliphatic heterocycles. The van der Waals surface area contributed by atoms with E-state index in [2.05, 4.69) is 31.8 Å². The normalized spacial score (nSPS) is 10.7. The summed E-state index contributed by atoms with van der Waals surface area (Å²) in [7, 11) is 0. The predicted octanol–water partition coefficient (Wildman–Crippen LogP) is 4.64. The Bertz CT molecular complexity index is 1210. The topological polar surface area (TPSA) is 109 Å². The first-order chi connectivity index (χ1) is 16.4. The van der Waals surface area contributed by atoms with Crippen LogP contribution in [0.1, 0.15) is 28.4 Å². The number of halogens is 1. The fourth-order valence-corrected chi connectivity index (χ4v) is 3.31. The largest absolute Gasteiger partial charge is 0.507 e. The molecule has 34 heavy (non-hydrogen) atoms. The summed E-state index contributed by atoms with van der Waals surface area (Å²) >= 11 is 3.26. The fraction of sp³-hybridized carbons (Fsp3) is 0.160. The van der Waals surface area contributed by atoms with Gasteiger partial charge in [0.15, 0.2) is 18.1 Å². The summed E-state index contributed by atoms with van der Waals surface area (Å²) in [6.45, 7) is 3.95. The van der Waals surface area contributed by atoms with Crippen LogP contribution in [-0.4, -0.2) is 36.3 Å². The highest BCUT2D eigenvalue weighted by Gasteiger charge is 2.12. The lowest BCUT2D eigenvalue weighted by molar-refractivity contribution is -0.118. The number of phenolic OH excluding ortho intramolecular Hbond substituents is 1. The lowest BCUT2D eigenvalue weighted by atomic mass is 10.2. The summed E-state index contributed by atoms with van der Waals surface area (Å²) in [6, 6.07) is 17.1. The number of carbonyl (C=O) groups excluding carboxylic acids is 2. The van der Waals surface area contributed by atoms with Gasteiger partial charge in [-0.3, -0.25) is 9.59 Å². The van der Waals surface area contributed by atoms with Gasteiger partial charge in [0.1, 0.15) is 5.75 Å². The second kappa shape index (κ2) is 11.9. The van der Waals surface area contributed by atoms with Gasteiger partial charge in [0.05, 0.1) is 18.4 Å². The maximum Gasteiger partial charge on any atom is 0.275 e. The summed E-state index contributed by atoms with van der Waals surface area (Å²) < 4.78 is 11.9. The maximum atomic E-state index is 12.3. The molecule has 3 N–H and O–H groups in total. The molecule has 3 aromatic carbocycles. The fourth-order valence-electron chi connectivity index (χ4n) is 2.95. The molecule has 0 spiro atoms. The van der Waals surface area contributed by atoms with Crippen molar-refractivity contribution < 1.29 is 24.2 Å². The lowest BCUT2D eigenvalue weighted by Crippen LogP contribution is -2.20. The zero-order valence-electron chi connectivity index (χ0n) is 18.7. The maximum absolute atomic E-state index is 12.3. The SMILES string of the molecule is CCOc1cc(/C=N\NC(=O)c2cc(Br)ccc2O)ccc1OCC(=O)Nc1ccccc1C. The highest BCUT2D eigenvalue weighted by Crippen LogP contribution is 2.28. The molecule has 0 aromatic heterocycles. The van der Waals surface area contributed by atoms with Crippen molar-refractivity contribution in [1.29, 1.82) is 0 Å². The number of hydrogen-bond acceptors (Lipinski definition) is 6. The first-order valence-electron chi connectivity index (χ1n) is 10.4. The van der Waals surface area contributed by atoms with Crippen LogP contribution in [0.2, 0.25) is 0 Å². The Balaban J connectivity index is 1.63. The third-order valence-corrected chi connectivity index (χ3v) is 5.12. The molecule has 0 fully saturated rings. The zero-order chi connectivity index (χ0) is 24.5. The van der Waals surface area contributed by atoms with Crippen LogP contribution in [0.5, 0.6) is 17.2 Å². The van der Waals surface area contributed by atoms with E-state index in [1.54, 1.807) is 24.3 Å². The molecule has 0 atom stereocenters. The van der Waals surface area contributed by atoms with Gasteiger partial charge in [0, 0.05) is 10.2 Å². The van der Waals surface area contributed by atoms with Gasteiger partial charge in [-0.1, -0.05) is 34.1 Å². The molecule has 0 aliphatic carbocycles. The number of ether oxygens (including phenoxy) is 2. The number of amides is 2. The average molecular weight is 526 g/mol. The Hall–Kier alpha value is -3.85. The monoisotopic (exact) mass is 525 g/mol. The summed E-state index contributed by atoms with van der Waals surface area (Å²) in [4.78, 5) is 24.5. The minimum atomic E-state index is -0.556. The quantitative estimate of drug-likeness (QED) is 0.278. The Morgan fingerprint density at radius 3 is 2.62 bits per heavy atom. The van der Waals surface area contributed by atoms with E-state index in [0.29, 0.717) is 28.1 Å². The Morgan fingerprint density at radius 1 is 1.06 bits per heavy atom. The van der Waals surface area contributed by atoms with E-state index < -0.39 is 5.91 Å². The molecule has 0 radical (unpaired) electrons. The summed E-state index contributed by atoms with van der Waals surface area (Å²) in [6.07, 6.45) is 1.43. The second-order valence-corrected chi connectivity index (χ2v) is 8.07. The first-order valence-corrected chi connectivity index (χ1v) is 11.2. The number of phenols is 1. The van der Waals surface area contributed by atoms with Gasteiger partial charge in [0.25, 0.3) is 11.8 Å². The van der Waals surface area contributed by atoms with Gasteiger partial charge < -0.3 is 19.9 Å². The van der Waals surface area contributed by atoms with Crippen molar-refractivity contribution in [2.45, 2.75) is 13.8 Å². The van der Waals surface area contributed by atoms with Crippen molar-refractivity contribution >= 4 is 39.6 Å². The number of hydrogen-bond donors (Lipinski definition) is 3. The van der Waals surface area contributed by atoms with Gasteiger partial charge in [-0.15, -0.1) is 0 Å². The minimum Gasteiger partial charge on any atom is -0.507 e. The van der Waals surface area contributed by atoms with Crippen LogP contribution in [0, 0.1) is 6.92 Å². The van der Waals surface area contributed by atoms with Crippen molar-refractivity contribution in [1.82, 2.24) is 5.43 Å². The van der Waals surface area contributed by atoms with Gasteiger partial charge >= 0.3 is 0 Å². The second-order valence-electron chi connectivity index (χ2n) is 7.15. The number of aromatic hydroxyl groups is 1. The number of aryl methyl sites for hydroxylation is 1. The molecule has 9 heteroatoms. The van der Waals surface area contributed by atoms with Crippen molar-refractivity contribution in [3.05, 3.63) is 81.8 Å². The minimum absolute atomic E-state index is 0.0919. The van der Waals surface area contributed by atoms with E-state index in [1.807, 2.05) is 38.1 Å². The molecular formula is C25H24BrN3O5. The van der Waals surface area contributed by atoms with E-state index >= 15 is 0 Å². The van der Waals surface area contributed by atoms with E-state index in [-0.39, 0.29) is 23.8 Å². The van der Waals surface area contributed by atoms with E-state index in [9.17, 15) is 14.7 Å². The highest BCUT2D eigenvalue weighted by atomic mass is 79.9. The molecule has 0 unspecified atom stereocenters. The molecule has 176 valence electrons. The number of rotatable bonds is 9. The van der Waals surface area contributed by atoms with Gasteiger partial charge in [0.2, 0.25) is 0 Å². The van der Waals surface area contributed by atoms with Crippen LogP contribution in [0.4, 0.5) is 5.69 Å². The van der Waals surface area contributed by atoms with Crippen LogP contribution in [-0.2, 0) is 4.79 Å². The van der Waals surface area contributed by atoms with E-state index in [1.165, 1.54) is 18.3 Å². The molecule has 0 saturated heterocycles.